The van der Waals surface area contributed by atoms with Gasteiger partial charge in [0.05, 0.1) is 0 Å². The predicted molar refractivity (Wildman–Crippen MR) is 72.7 cm³/mol. The summed E-state index contributed by atoms with van der Waals surface area (Å²) < 4.78 is 5.80. The molecule has 1 aliphatic carbocycles. The first-order valence-electron chi connectivity index (χ1n) is 7.10. The van der Waals surface area contributed by atoms with E-state index in [0.29, 0.717) is 0 Å². The molecular weight excluding hydrogens is 224 g/mol. The van der Waals surface area contributed by atoms with Crippen LogP contribution < -0.4 is 15.4 Å². The maximum absolute atomic E-state index is 5.80. The van der Waals surface area contributed by atoms with Crippen molar-refractivity contribution < 1.29 is 4.74 Å². The van der Waals surface area contributed by atoms with Crippen LogP contribution in [0.2, 0.25) is 0 Å². The molecule has 0 bridgehead atoms. The lowest BCUT2D eigenvalue weighted by molar-refractivity contribution is 0.305. The van der Waals surface area contributed by atoms with Crippen molar-refractivity contribution in [1.82, 2.24) is 10.6 Å². The van der Waals surface area contributed by atoms with Gasteiger partial charge in [-0.15, -0.1) is 0 Å². The van der Waals surface area contributed by atoms with Gasteiger partial charge in [0.15, 0.2) is 0 Å². The predicted octanol–water partition coefficient (Wildman–Crippen LogP) is 2.20. The second kappa shape index (κ2) is 5.72. The summed E-state index contributed by atoms with van der Waals surface area (Å²) in [6.45, 7) is 3.70. The molecule has 0 atom stereocenters. The van der Waals surface area contributed by atoms with Crippen LogP contribution in [0.25, 0.3) is 0 Å². The number of fused-ring (bicyclic) bond motifs is 1. The minimum atomic E-state index is 0.734. The van der Waals surface area contributed by atoms with Crippen LogP contribution in [0, 0.1) is 0 Å². The molecule has 0 amide bonds. The zero-order chi connectivity index (χ0) is 12.2. The fraction of sp³-hybridized carbons (Fsp3) is 0.600. The first-order valence-corrected chi connectivity index (χ1v) is 7.10. The van der Waals surface area contributed by atoms with Crippen LogP contribution in [0.15, 0.2) is 18.2 Å². The average molecular weight is 246 g/mol. The Kier molecular flexibility index (Phi) is 3.81. The van der Waals surface area contributed by atoms with Crippen molar-refractivity contribution in [2.75, 3.05) is 13.2 Å². The van der Waals surface area contributed by atoms with Gasteiger partial charge in [-0.25, -0.2) is 0 Å². The molecule has 1 aromatic rings. The van der Waals surface area contributed by atoms with Crippen molar-refractivity contribution in [3.8, 4) is 5.75 Å². The lowest BCUT2D eigenvalue weighted by Gasteiger charge is -2.12. The van der Waals surface area contributed by atoms with Crippen LogP contribution in [0.4, 0.5) is 0 Å². The third-order valence-electron chi connectivity index (χ3n) is 3.97. The van der Waals surface area contributed by atoms with Crippen LogP contribution in [0.1, 0.15) is 36.8 Å². The fourth-order valence-corrected chi connectivity index (χ4v) is 2.92. The largest absolute Gasteiger partial charge is 0.492 e. The summed E-state index contributed by atoms with van der Waals surface area (Å²) in [7, 11) is 0. The lowest BCUT2D eigenvalue weighted by atomic mass is 10.1. The van der Waals surface area contributed by atoms with E-state index < -0.39 is 0 Å². The van der Waals surface area contributed by atoms with Gasteiger partial charge in [0.25, 0.3) is 0 Å². The summed E-state index contributed by atoms with van der Waals surface area (Å²) in [5.41, 5.74) is 2.79. The van der Waals surface area contributed by atoms with Crippen LogP contribution in [-0.2, 0) is 13.1 Å². The lowest BCUT2D eigenvalue weighted by Crippen LogP contribution is -2.30. The maximum atomic E-state index is 5.80. The molecule has 3 rings (SSSR count). The van der Waals surface area contributed by atoms with Crippen molar-refractivity contribution in [2.45, 2.75) is 44.8 Å². The van der Waals surface area contributed by atoms with E-state index in [4.69, 9.17) is 4.74 Å². The molecule has 2 N–H and O–H groups in total. The summed E-state index contributed by atoms with van der Waals surface area (Å²) in [6, 6.07) is 7.17. The molecule has 0 radical (unpaired) electrons. The van der Waals surface area contributed by atoms with E-state index in [9.17, 15) is 0 Å². The molecule has 0 spiro atoms. The van der Waals surface area contributed by atoms with Crippen molar-refractivity contribution in [3.05, 3.63) is 29.3 Å². The number of hydrogen-bond acceptors (Lipinski definition) is 3. The molecule has 1 aromatic carbocycles. The summed E-state index contributed by atoms with van der Waals surface area (Å²) in [5.74, 6) is 1.01. The van der Waals surface area contributed by atoms with Crippen LogP contribution in [0.5, 0.6) is 5.75 Å². The first-order chi connectivity index (χ1) is 8.92. The molecule has 98 valence electrons. The van der Waals surface area contributed by atoms with Crippen molar-refractivity contribution in [2.24, 2.45) is 0 Å². The highest BCUT2D eigenvalue weighted by Crippen LogP contribution is 2.21. The van der Waals surface area contributed by atoms with Gasteiger partial charge < -0.3 is 15.4 Å². The van der Waals surface area contributed by atoms with Gasteiger partial charge in [-0.2, -0.15) is 0 Å². The molecule has 2 aliphatic rings. The molecule has 1 aliphatic heterocycles. The Morgan fingerprint density at radius 2 is 2.00 bits per heavy atom. The number of rotatable bonds is 5. The summed E-state index contributed by atoms with van der Waals surface area (Å²) in [6.07, 6.45) is 5.45. The number of ether oxygens (including phenoxy) is 1. The summed E-state index contributed by atoms with van der Waals surface area (Å²) in [4.78, 5) is 0. The quantitative estimate of drug-likeness (QED) is 0.781. The molecule has 3 nitrogen and oxygen atoms in total. The van der Waals surface area contributed by atoms with Crippen LogP contribution in [-0.4, -0.2) is 19.2 Å². The second-order valence-electron chi connectivity index (χ2n) is 5.32. The summed E-state index contributed by atoms with van der Waals surface area (Å²) >= 11 is 0. The van der Waals surface area contributed by atoms with Crippen LogP contribution >= 0.6 is 0 Å². The Bertz CT molecular complexity index is 399. The summed E-state index contributed by atoms with van der Waals surface area (Å²) in [5, 5.41) is 6.92. The molecule has 18 heavy (non-hydrogen) atoms. The van der Waals surface area contributed by atoms with Gasteiger partial charge in [-0.1, -0.05) is 18.9 Å². The van der Waals surface area contributed by atoms with Gasteiger partial charge in [0, 0.05) is 25.7 Å². The highest BCUT2D eigenvalue weighted by Gasteiger charge is 2.13. The van der Waals surface area contributed by atoms with E-state index in [0.717, 1.165) is 38.0 Å². The zero-order valence-corrected chi connectivity index (χ0v) is 10.9. The Hall–Kier alpha value is -1.06. The van der Waals surface area contributed by atoms with Gasteiger partial charge in [-0.3, -0.25) is 0 Å². The third-order valence-corrected chi connectivity index (χ3v) is 3.97. The fourth-order valence-electron chi connectivity index (χ4n) is 2.92. The molecule has 0 aromatic heterocycles. The molecular formula is C15H22N2O. The Morgan fingerprint density at radius 3 is 2.89 bits per heavy atom. The van der Waals surface area contributed by atoms with Gasteiger partial charge >= 0.3 is 0 Å². The Morgan fingerprint density at radius 1 is 1.17 bits per heavy atom. The van der Waals surface area contributed by atoms with Crippen molar-refractivity contribution >= 4 is 0 Å². The molecule has 0 saturated heterocycles. The second-order valence-corrected chi connectivity index (χ2v) is 5.32. The molecule has 1 fully saturated rings. The van der Waals surface area contributed by atoms with E-state index in [1.807, 2.05) is 0 Å². The third kappa shape index (κ3) is 2.85. The van der Waals surface area contributed by atoms with Crippen LogP contribution in [0.3, 0.4) is 0 Å². The van der Waals surface area contributed by atoms with Gasteiger partial charge in [-0.05, 0) is 36.1 Å². The normalized spacial score (nSPS) is 19.1. The monoisotopic (exact) mass is 246 g/mol. The Labute approximate surface area is 109 Å². The Balaban J connectivity index is 1.42. The zero-order valence-electron chi connectivity index (χ0n) is 10.9. The van der Waals surface area contributed by atoms with Crippen molar-refractivity contribution in [1.29, 1.82) is 0 Å². The smallest absolute Gasteiger partial charge is 0.119 e. The number of hydrogen-bond donors (Lipinski definition) is 2. The van der Waals surface area contributed by atoms with E-state index in [-0.39, 0.29) is 0 Å². The molecule has 3 heteroatoms. The van der Waals surface area contributed by atoms with E-state index in [1.54, 1.807) is 0 Å². The molecule has 0 unspecified atom stereocenters. The van der Waals surface area contributed by atoms with Gasteiger partial charge in [0.1, 0.15) is 12.4 Å². The number of nitrogens with one attached hydrogen (secondary N) is 2. The maximum Gasteiger partial charge on any atom is 0.119 e. The SMILES string of the molecule is c1cc2c(cc1OCCNC1CCCC1)CNC2. The average Bonchev–Trinajstić information content (AvgIpc) is 3.05. The van der Waals surface area contributed by atoms with E-state index in [1.165, 1.54) is 36.8 Å². The van der Waals surface area contributed by atoms with Gasteiger partial charge in [0.2, 0.25) is 0 Å². The topological polar surface area (TPSA) is 33.3 Å². The number of benzene rings is 1. The molecule has 1 heterocycles. The molecule has 1 saturated carbocycles. The first kappa shape index (κ1) is 12.0. The van der Waals surface area contributed by atoms with E-state index >= 15 is 0 Å². The minimum absolute atomic E-state index is 0.734. The minimum Gasteiger partial charge on any atom is -0.492 e. The highest BCUT2D eigenvalue weighted by atomic mass is 16.5. The van der Waals surface area contributed by atoms with E-state index in [2.05, 4.69) is 28.8 Å². The highest BCUT2D eigenvalue weighted by molar-refractivity contribution is 5.37. The standard InChI is InChI=1S/C15H22N2O/c1-2-4-14(3-1)17-7-8-18-15-6-5-12-10-16-11-13(12)9-15/h5-6,9,14,16-17H,1-4,7-8,10-11H2. The van der Waals surface area contributed by atoms with Crippen molar-refractivity contribution in [3.63, 3.8) is 0 Å².